The van der Waals surface area contributed by atoms with Gasteiger partial charge in [0.25, 0.3) is 0 Å². The molecular formula is C7H7BBr2Cl2. The van der Waals surface area contributed by atoms with Crippen LogP contribution >= 0.6 is 56.7 Å². The van der Waals surface area contributed by atoms with Crippen LogP contribution in [0.5, 0.6) is 0 Å². The summed E-state index contributed by atoms with van der Waals surface area (Å²) in [5.74, 6) is 0. The summed E-state index contributed by atoms with van der Waals surface area (Å²) in [6, 6.07) is 3.97. The Labute approximate surface area is 103 Å². The number of hydrogen-bond donors (Lipinski definition) is 0. The summed E-state index contributed by atoms with van der Waals surface area (Å²) < 4.78 is 1.89. The number of rotatable bonds is 0. The Balaban J connectivity index is 0. The molecule has 0 saturated heterocycles. The highest BCUT2D eigenvalue weighted by atomic mass is 79.9. The van der Waals surface area contributed by atoms with Crippen LogP contribution in [0.15, 0.2) is 21.1 Å². The smallest absolute Gasteiger partial charge is 0.116 e. The van der Waals surface area contributed by atoms with Crippen LogP contribution in [-0.4, -0.2) is 7.85 Å². The van der Waals surface area contributed by atoms with Crippen LogP contribution in [-0.2, 0) is 0 Å². The van der Waals surface area contributed by atoms with Gasteiger partial charge in [0.05, 0.1) is 0 Å². The van der Waals surface area contributed by atoms with Gasteiger partial charge in [0, 0.05) is 8.95 Å². The van der Waals surface area contributed by atoms with E-state index in [0.29, 0.717) is 0 Å². The summed E-state index contributed by atoms with van der Waals surface area (Å²) in [4.78, 5) is 0. The molecule has 0 atom stereocenters. The van der Waals surface area contributed by atoms with Crippen LogP contribution < -0.4 is 5.46 Å². The molecule has 0 fully saturated rings. The SMILES string of the molecule is Cl.Cl.[B]c1c(Br)cc(C)cc1Br. The Kier molecular flexibility index (Phi) is 8.04. The maximum Gasteiger partial charge on any atom is 0.116 e. The van der Waals surface area contributed by atoms with Gasteiger partial charge in [0.15, 0.2) is 0 Å². The minimum Gasteiger partial charge on any atom is -0.147 e. The van der Waals surface area contributed by atoms with Crippen molar-refractivity contribution >= 4 is 70.0 Å². The summed E-state index contributed by atoms with van der Waals surface area (Å²) in [6.45, 7) is 2.02. The highest BCUT2D eigenvalue weighted by Crippen LogP contribution is 2.15. The van der Waals surface area contributed by atoms with Gasteiger partial charge in [-0.1, -0.05) is 37.3 Å². The molecule has 66 valence electrons. The number of aryl methyl sites for hydroxylation is 1. The van der Waals surface area contributed by atoms with E-state index < -0.39 is 0 Å². The van der Waals surface area contributed by atoms with Gasteiger partial charge in [0.2, 0.25) is 0 Å². The molecule has 0 spiro atoms. The number of hydrogen-bond acceptors (Lipinski definition) is 0. The molecule has 12 heavy (non-hydrogen) atoms. The minimum absolute atomic E-state index is 0. The van der Waals surface area contributed by atoms with E-state index in [-0.39, 0.29) is 24.8 Å². The molecule has 2 radical (unpaired) electrons. The predicted molar refractivity (Wildman–Crippen MR) is 66.5 cm³/mol. The first-order valence-electron chi connectivity index (χ1n) is 2.82. The van der Waals surface area contributed by atoms with Gasteiger partial charge in [-0.2, -0.15) is 0 Å². The zero-order chi connectivity index (χ0) is 7.72. The first-order chi connectivity index (χ1) is 4.61. The first-order valence-corrected chi connectivity index (χ1v) is 4.41. The topological polar surface area (TPSA) is 0 Å². The van der Waals surface area contributed by atoms with Gasteiger partial charge >= 0.3 is 0 Å². The third-order valence-electron chi connectivity index (χ3n) is 1.22. The van der Waals surface area contributed by atoms with Crippen LogP contribution in [0.1, 0.15) is 5.56 Å². The second-order valence-electron chi connectivity index (χ2n) is 2.14. The third kappa shape index (κ3) is 3.69. The summed E-state index contributed by atoms with van der Waals surface area (Å²) in [7, 11) is 5.66. The fraction of sp³-hybridized carbons (Fsp3) is 0.143. The zero-order valence-electron chi connectivity index (χ0n) is 6.30. The van der Waals surface area contributed by atoms with E-state index in [9.17, 15) is 0 Å². The maximum atomic E-state index is 5.66. The van der Waals surface area contributed by atoms with Crippen molar-refractivity contribution in [2.24, 2.45) is 0 Å². The Morgan fingerprint density at radius 3 is 1.75 bits per heavy atom. The molecule has 0 aromatic heterocycles. The van der Waals surface area contributed by atoms with Crippen molar-refractivity contribution in [1.29, 1.82) is 0 Å². The Hall–Kier alpha value is 0.825. The second-order valence-corrected chi connectivity index (χ2v) is 3.85. The molecule has 0 heterocycles. The van der Waals surface area contributed by atoms with Crippen molar-refractivity contribution in [1.82, 2.24) is 0 Å². The highest BCUT2D eigenvalue weighted by Gasteiger charge is 1.98. The average molecular weight is 333 g/mol. The second kappa shape index (κ2) is 6.30. The molecule has 0 aliphatic carbocycles. The van der Waals surface area contributed by atoms with Crippen LogP contribution in [0.25, 0.3) is 0 Å². The van der Waals surface area contributed by atoms with Crippen LogP contribution in [0.4, 0.5) is 0 Å². The molecule has 5 heteroatoms. The largest absolute Gasteiger partial charge is 0.147 e. The molecule has 1 aromatic rings. The van der Waals surface area contributed by atoms with E-state index in [0.717, 1.165) is 14.4 Å². The van der Waals surface area contributed by atoms with Gasteiger partial charge < -0.3 is 0 Å². The van der Waals surface area contributed by atoms with E-state index in [1.165, 1.54) is 5.56 Å². The van der Waals surface area contributed by atoms with Crippen LogP contribution in [0, 0.1) is 6.92 Å². The van der Waals surface area contributed by atoms with E-state index >= 15 is 0 Å². The summed E-state index contributed by atoms with van der Waals surface area (Å²) in [6.07, 6.45) is 0. The minimum atomic E-state index is 0. The molecule has 0 amide bonds. The van der Waals surface area contributed by atoms with Crippen LogP contribution in [0.3, 0.4) is 0 Å². The van der Waals surface area contributed by atoms with Gasteiger partial charge in [-0.25, -0.2) is 0 Å². The summed E-state index contributed by atoms with van der Waals surface area (Å²) in [5.41, 5.74) is 1.94. The van der Waals surface area contributed by atoms with Gasteiger partial charge in [0.1, 0.15) is 7.85 Å². The zero-order valence-corrected chi connectivity index (χ0v) is 11.1. The lowest BCUT2D eigenvalue weighted by Gasteiger charge is -2.02. The van der Waals surface area contributed by atoms with E-state index in [2.05, 4.69) is 31.9 Å². The standard InChI is InChI=1S/C7H5BBr2.2ClH/c1-4-2-5(9)7(8)6(10)3-4;;/h2-3H,1H3;2*1H. The molecule has 0 N–H and O–H groups in total. The molecular weight excluding hydrogens is 326 g/mol. The molecule has 0 unspecified atom stereocenters. The van der Waals surface area contributed by atoms with Crippen molar-refractivity contribution in [2.45, 2.75) is 6.92 Å². The molecule has 1 rings (SSSR count). The summed E-state index contributed by atoms with van der Waals surface area (Å²) >= 11 is 6.68. The lowest BCUT2D eigenvalue weighted by molar-refractivity contribution is 1.45. The van der Waals surface area contributed by atoms with Crippen molar-refractivity contribution in [3.8, 4) is 0 Å². The van der Waals surface area contributed by atoms with Gasteiger partial charge in [-0.15, -0.1) is 24.8 Å². The van der Waals surface area contributed by atoms with Gasteiger partial charge in [-0.05, 0) is 24.6 Å². The third-order valence-corrected chi connectivity index (χ3v) is 2.54. The molecule has 0 aliphatic rings. The van der Waals surface area contributed by atoms with E-state index in [4.69, 9.17) is 7.85 Å². The first kappa shape index (κ1) is 15.3. The molecule has 0 saturated carbocycles. The van der Waals surface area contributed by atoms with E-state index in [1.807, 2.05) is 19.1 Å². The lowest BCUT2D eigenvalue weighted by atomic mass is 9.95. The fourth-order valence-electron chi connectivity index (χ4n) is 0.711. The Morgan fingerprint density at radius 1 is 1.08 bits per heavy atom. The normalized spacial score (nSPS) is 8.25. The summed E-state index contributed by atoms with van der Waals surface area (Å²) in [5, 5.41) is 0. The lowest BCUT2D eigenvalue weighted by Crippen LogP contribution is -2.06. The predicted octanol–water partition coefficient (Wildman–Crippen LogP) is 3.16. The quantitative estimate of drug-likeness (QED) is 0.640. The molecule has 0 aliphatic heterocycles. The van der Waals surface area contributed by atoms with Gasteiger partial charge in [-0.3, -0.25) is 0 Å². The molecule has 0 nitrogen and oxygen atoms in total. The average Bonchev–Trinajstić information content (AvgIpc) is 1.82. The Morgan fingerprint density at radius 2 is 1.42 bits per heavy atom. The van der Waals surface area contributed by atoms with E-state index in [1.54, 1.807) is 0 Å². The van der Waals surface area contributed by atoms with Crippen molar-refractivity contribution in [3.63, 3.8) is 0 Å². The maximum absolute atomic E-state index is 5.66. The fourth-order valence-corrected chi connectivity index (χ4v) is 2.13. The van der Waals surface area contributed by atoms with Crippen molar-refractivity contribution in [2.75, 3.05) is 0 Å². The molecule has 0 bridgehead atoms. The molecule has 1 aromatic carbocycles. The van der Waals surface area contributed by atoms with Crippen molar-refractivity contribution in [3.05, 3.63) is 26.6 Å². The monoisotopic (exact) mass is 330 g/mol. The number of benzene rings is 1. The highest BCUT2D eigenvalue weighted by molar-refractivity contribution is 9.11. The Bertz CT molecular complexity index is 243. The van der Waals surface area contributed by atoms with Crippen molar-refractivity contribution < 1.29 is 0 Å². The number of halogens is 4. The van der Waals surface area contributed by atoms with Crippen LogP contribution in [0.2, 0.25) is 0 Å².